The van der Waals surface area contributed by atoms with Gasteiger partial charge in [0.2, 0.25) is 0 Å². The van der Waals surface area contributed by atoms with Gasteiger partial charge in [0, 0.05) is 44.5 Å². The number of nitrogens with zero attached hydrogens (tertiary/aromatic N) is 10. The predicted octanol–water partition coefficient (Wildman–Crippen LogP) is 7.90. The summed E-state index contributed by atoms with van der Waals surface area (Å²) in [5.41, 5.74) is 11.8. The van der Waals surface area contributed by atoms with E-state index in [9.17, 15) is 28.0 Å². The Bertz CT molecular complexity index is 3190. The topological polar surface area (TPSA) is 258 Å². The number of hydrogen-bond donors (Lipinski definition) is 3. The van der Waals surface area contributed by atoms with Crippen molar-refractivity contribution < 1.29 is 42.5 Å². The highest BCUT2D eigenvalue weighted by Gasteiger charge is 2.23. The van der Waals surface area contributed by atoms with Crippen LogP contribution in [-0.2, 0) is 54.4 Å². The van der Waals surface area contributed by atoms with E-state index in [-0.39, 0.29) is 67.0 Å². The van der Waals surface area contributed by atoms with Crippen LogP contribution in [0.5, 0.6) is 0 Å². The minimum absolute atomic E-state index is 0. The Morgan fingerprint density at radius 2 is 1.17 bits per heavy atom. The van der Waals surface area contributed by atoms with Gasteiger partial charge in [-0.15, -0.1) is 12.4 Å². The summed E-state index contributed by atoms with van der Waals surface area (Å²) in [6, 6.07) is 21.2. The highest BCUT2D eigenvalue weighted by molar-refractivity contribution is 6.01. The Morgan fingerprint density at radius 3 is 1.71 bits per heavy atom. The Labute approximate surface area is 418 Å². The summed E-state index contributed by atoms with van der Waals surface area (Å²) in [6.45, 7) is 7.50. The van der Waals surface area contributed by atoms with Crippen molar-refractivity contribution in [3.63, 3.8) is 0 Å². The number of ether oxygens (including phenoxy) is 2. The third-order valence-corrected chi connectivity index (χ3v) is 10.3. The fourth-order valence-electron chi connectivity index (χ4n) is 6.75. The zero-order valence-corrected chi connectivity index (χ0v) is 40.6. The molecule has 0 aliphatic carbocycles. The van der Waals surface area contributed by atoms with E-state index in [0.29, 0.717) is 45.6 Å². The number of aromatic nitrogens is 10. The van der Waals surface area contributed by atoms with Crippen LogP contribution in [0.2, 0.25) is 0 Å². The number of nitrogens with one attached hydrogen (secondary N) is 1. The smallest absolute Gasteiger partial charge is 0.413 e. The third-order valence-electron chi connectivity index (χ3n) is 10.3. The Hall–Kier alpha value is -8.85. The number of benzene rings is 2. The van der Waals surface area contributed by atoms with E-state index >= 15 is 0 Å². The first kappa shape index (κ1) is 54.1. The summed E-state index contributed by atoms with van der Waals surface area (Å²) < 4.78 is 40.5. The van der Waals surface area contributed by atoms with Gasteiger partial charge in [-0.3, -0.25) is 29.3 Å². The fraction of sp³-hybridized carbons (Fsp3) is 0.200. The number of aryl methyl sites for hydroxylation is 6. The van der Waals surface area contributed by atoms with Crippen LogP contribution in [0.3, 0.4) is 0 Å². The van der Waals surface area contributed by atoms with Crippen molar-refractivity contribution in [2.45, 2.75) is 53.8 Å². The first-order valence-electron chi connectivity index (χ1n) is 21.6. The van der Waals surface area contributed by atoms with Crippen LogP contribution in [-0.4, -0.2) is 78.4 Å². The van der Waals surface area contributed by atoms with Crippen LogP contribution in [0.1, 0.15) is 66.1 Å². The van der Waals surface area contributed by atoms with Gasteiger partial charge in [-0.25, -0.2) is 43.3 Å². The molecule has 0 saturated heterocycles. The highest BCUT2D eigenvalue weighted by Crippen LogP contribution is 2.27. The minimum Gasteiger partial charge on any atom is -0.477 e. The Balaban J connectivity index is 0.000000219. The van der Waals surface area contributed by atoms with E-state index in [1.807, 2.05) is 74.5 Å². The maximum absolute atomic E-state index is 14.5. The molecule has 22 heteroatoms. The van der Waals surface area contributed by atoms with Gasteiger partial charge in [0.05, 0.1) is 59.5 Å². The molecule has 1 amide bonds. The van der Waals surface area contributed by atoms with Gasteiger partial charge in [-0.2, -0.15) is 10.2 Å². The average molecular weight is 1000 g/mol. The molecule has 72 heavy (non-hydrogen) atoms. The fourth-order valence-corrected chi connectivity index (χ4v) is 6.75. The zero-order chi connectivity index (χ0) is 51.2. The second kappa shape index (κ2) is 25.1. The largest absolute Gasteiger partial charge is 0.477 e. The summed E-state index contributed by atoms with van der Waals surface area (Å²) in [7, 11) is 3.24. The van der Waals surface area contributed by atoms with Gasteiger partial charge in [0.25, 0.3) is 0 Å². The molecule has 6 aromatic heterocycles. The summed E-state index contributed by atoms with van der Waals surface area (Å²) in [5.74, 6) is -1.80. The number of Topliss-reactive ketones (excluding diaryl/α,β-unsaturated/α-hetero) is 1. The van der Waals surface area contributed by atoms with E-state index < -0.39 is 29.7 Å². The van der Waals surface area contributed by atoms with Crippen molar-refractivity contribution in [1.82, 2.24) is 49.5 Å². The summed E-state index contributed by atoms with van der Waals surface area (Å²) in [6.07, 6.45) is 7.35. The molecule has 0 saturated carbocycles. The number of carboxylic acids is 1. The van der Waals surface area contributed by atoms with Crippen LogP contribution in [0, 0.1) is 39.3 Å². The number of carbonyl (C=O) groups is 4. The third kappa shape index (κ3) is 14.6. The lowest BCUT2D eigenvalue weighted by molar-refractivity contribution is -0.144. The number of aromatic carboxylic acids is 1. The molecule has 0 atom stereocenters. The number of halogens is 3. The van der Waals surface area contributed by atoms with Crippen LogP contribution in [0.15, 0.2) is 110 Å². The monoisotopic (exact) mass is 1000 g/mol. The number of pyridine rings is 2. The summed E-state index contributed by atoms with van der Waals surface area (Å²) in [5, 5.41) is 19.7. The minimum atomic E-state index is -1.02. The van der Waals surface area contributed by atoms with Gasteiger partial charge in [-0.1, -0.05) is 60.7 Å². The van der Waals surface area contributed by atoms with E-state index in [4.69, 9.17) is 20.3 Å². The molecular formula is C50H49ClF2N12O7. The molecule has 0 bridgehead atoms. The van der Waals surface area contributed by atoms with Crippen molar-refractivity contribution >= 4 is 47.7 Å². The number of anilines is 2. The molecule has 0 fully saturated rings. The van der Waals surface area contributed by atoms with E-state index in [1.165, 1.54) is 27.7 Å². The molecule has 19 nitrogen and oxygen atoms in total. The molecule has 6 heterocycles. The second-order valence-electron chi connectivity index (χ2n) is 15.7. The van der Waals surface area contributed by atoms with Crippen LogP contribution in [0.4, 0.5) is 25.1 Å². The number of carboxylic acid groups (broad SMARTS) is 1. The number of hydrogen-bond acceptors (Lipinski definition) is 15. The van der Waals surface area contributed by atoms with Crippen molar-refractivity contribution in [3.8, 4) is 22.5 Å². The molecule has 0 aliphatic rings. The maximum Gasteiger partial charge on any atom is 0.413 e. The maximum atomic E-state index is 14.5. The molecule has 0 unspecified atom stereocenters. The number of rotatable bonds is 13. The first-order valence-corrected chi connectivity index (χ1v) is 21.6. The summed E-state index contributed by atoms with van der Waals surface area (Å²) >= 11 is 0. The number of amides is 1. The SMILES string of the molecule is Cc1ncc(C)c(-c2cnn(C)c2C(=O)Cc2cc(CC(=O)OCc3ccccc3)ncc2F)n1.Cc1ncc(C)c(-c2cnn(C)c2C(=O)O)n1.Cl.Nc1cc(NC(=O)OCc2ccccc2)ncc1F. The normalized spacial score (nSPS) is 10.4. The standard InChI is InChI=1S/C26H24FN5O3.C13H12FN3O2.C11H12N4O2.ClH/c1-16-12-28-17(2)31-25(16)21-13-30-32(3)26(21)23(33)10-19-9-20(29-14-22(19)27)11-24(34)35-15-18-7-5-4-6-8-18;14-10-7-16-12(6-11(10)15)17-13(18)19-8-9-4-2-1-3-5-9;1-6-4-12-7(2)14-9(6)8-5-13-15(3)10(8)11(16)17;/h4-9,12-14H,10-11,15H2,1-3H3;1-7H,8H2,(H3,15,16,17,18);4-5H,1-3H3,(H,16,17);1H. The number of nitrogen functional groups attached to an aromatic ring is 1. The van der Waals surface area contributed by atoms with Crippen molar-refractivity contribution in [2.24, 2.45) is 14.1 Å². The van der Waals surface area contributed by atoms with Gasteiger partial charge in [0.15, 0.2) is 17.3 Å². The van der Waals surface area contributed by atoms with Crippen LogP contribution in [0.25, 0.3) is 22.5 Å². The van der Waals surface area contributed by atoms with Gasteiger partial charge in [-0.05, 0) is 61.6 Å². The molecule has 2 aromatic carbocycles. The quantitative estimate of drug-likeness (QED) is 0.0732. The number of nitrogens with two attached hydrogens (primary N) is 1. The van der Waals surface area contributed by atoms with Crippen LogP contribution < -0.4 is 11.1 Å². The van der Waals surface area contributed by atoms with E-state index in [1.54, 1.807) is 46.5 Å². The van der Waals surface area contributed by atoms with Crippen molar-refractivity contribution in [3.05, 3.63) is 178 Å². The number of esters is 1. The Morgan fingerprint density at radius 1 is 0.653 bits per heavy atom. The molecular weight excluding hydrogens is 954 g/mol. The highest BCUT2D eigenvalue weighted by atomic mass is 35.5. The average Bonchev–Trinajstić information content (AvgIpc) is 3.94. The van der Waals surface area contributed by atoms with E-state index in [0.717, 1.165) is 34.6 Å². The molecule has 8 aromatic rings. The van der Waals surface area contributed by atoms with Crippen molar-refractivity contribution in [2.75, 3.05) is 11.1 Å². The lowest BCUT2D eigenvalue weighted by atomic mass is 10.0. The molecule has 0 radical (unpaired) electrons. The predicted molar refractivity (Wildman–Crippen MR) is 263 cm³/mol. The second-order valence-corrected chi connectivity index (χ2v) is 15.7. The number of carbonyl (C=O) groups excluding carboxylic acids is 3. The molecule has 0 spiro atoms. The molecule has 0 aliphatic heterocycles. The van der Waals surface area contributed by atoms with Gasteiger partial charge in [0.1, 0.15) is 42.2 Å². The van der Waals surface area contributed by atoms with Gasteiger partial charge >= 0.3 is 18.0 Å². The summed E-state index contributed by atoms with van der Waals surface area (Å²) in [4.78, 5) is 72.8. The molecule has 372 valence electrons. The lowest BCUT2D eigenvalue weighted by Gasteiger charge is -2.10. The zero-order valence-electron chi connectivity index (χ0n) is 39.8. The van der Waals surface area contributed by atoms with Crippen LogP contribution >= 0.6 is 12.4 Å². The molecule has 4 N–H and O–H groups in total. The van der Waals surface area contributed by atoms with Crippen molar-refractivity contribution in [1.29, 1.82) is 0 Å². The molecule has 8 rings (SSSR count). The Kier molecular flexibility index (Phi) is 18.9. The number of ketones is 1. The van der Waals surface area contributed by atoms with Gasteiger partial charge < -0.3 is 20.3 Å². The lowest BCUT2D eigenvalue weighted by Crippen LogP contribution is -2.14. The van der Waals surface area contributed by atoms with E-state index in [2.05, 4.69) is 45.4 Å². The first-order chi connectivity index (χ1) is 34.0.